The highest BCUT2D eigenvalue weighted by Crippen LogP contribution is 2.23. The summed E-state index contributed by atoms with van der Waals surface area (Å²) in [4.78, 5) is 20.6. The van der Waals surface area contributed by atoms with Gasteiger partial charge in [0, 0.05) is 17.0 Å². The maximum atomic E-state index is 10.9. The van der Waals surface area contributed by atoms with E-state index in [1.165, 1.54) is 0 Å². The van der Waals surface area contributed by atoms with Crippen LogP contribution in [0.2, 0.25) is 0 Å². The molecule has 0 bridgehead atoms. The summed E-state index contributed by atoms with van der Waals surface area (Å²) in [5.41, 5.74) is 2.14. The number of carbonyl (C=O) groups is 1. The molecule has 3 aromatic rings. The average Bonchev–Trinajstić information content (AvgIpc) is 3.01. The number of aromatic nitrogens is 4. The topological polar surface area (TPSA) is 80.4 Å². The zero-order valence-corrected chi connectivity index (χ0v) is 11.8. The Morgan fingerprint density at radius 2 is 2.20 bits per heavy atom. The molecule has 0 saturated carbocycles. The second kappa shape index (κ2) is 4.68. The van der Waals surface area contributed by atoms with E-state index in [0.717, 1.165) is 10.6 Å². The number of nitrogens with zero attached hydrogens (tertiary/aromatic N) is 4. The van der Waals surface area contributed by atoms with E-state index in [1.807, 2.05) is 24.4 Å². The molecule has 0 aromatic carbocycles. The number of hydrogen-bond acceptors (Lipinski definition) is 5. The molecule has 3 rings (SSSR count). The van der Waals surface area contributed by atoms with Crippen molar-refractivity contribution in [2.24, 2.45) is 0 Å². The van der Waals surface area contributed by atoms with Crippen molar-refractivity contribution in [2.45, 2.75) is 20.3 Å². The molecule has 0 aliphatic rings. The third kappa shape index (κ3) is 2.05. The minimum atomic E-state index is -0.879. The number of carboxylic acids is 1. The Bertz CT molecular complexity index is 792. The number of aryl methyl sites for hydroxylation is 2. The summed E-state index contributed by atoms with van der Waals surface area (Å²) >= 11 is 1.56. The van der Waals surface area contributed by atoms with Gasteiger partial charge in [0.05, 0.1) is 11.3 Å². The van der Waals surface area contributed by atoms with Gasteiger partial charge in [-0.2, -0.15) is 4.98 Å². The molecule has 102 valence electrons. The van der Waals surface area contributed by atoms with Crippen molar-refractivity contribution in [3.8, 4) is 10.7 Å². The standard InChI is InChI=1S/C13H12N4O2S/c1-7-9(6-11(18)19)8(2)17-13(14-7)15-12(16-17)10-4-3-5-20-10/h3-5H,6H2,1-2H3,(H,18,19). The van der Waals surface area contributed by atoms with Crippen LogP contribution in [0.4, 0.5) is 0 Å². The monoisotopic (exact) mass is 288 g/mol. The molecule has 0 radical (unpaired) electrons. The number of carboxylic acid groups (broad SMARTS) is 1. The van der Waals surface area contributed by atoms with Crippen LogP contribution in [0.25, 0.3) is 16.5 Å². The maximum absolute atomic E-state index is 10.9. The highest BCUT2D eigenvalue weighted by atomic mass is 32.1. The molecule has 0 amide bonds. The summed E-state index contributed by atoms with van der Waals surface area (Å²) in [6.07, 6.45) is -0.0607. The summed E-state index contributed by atoms with van der Waals surface area (Å²) < 4.78 is 1.61. The van der Waals surface area contributed by atoms with Gasteiger partial charge in [-0.15, -0.1) is 16.4 Å². The number of rotatable bonds is 3. The zero-order valence-electron chi connectivity index (χ0n) is 11.0. The number of aliphatic carboxylic acids is 1. The first-order valence-electron chi connectivity index (χ1n) is 6.05. The van der Waals surface area contributed by atoms with Gasteiger partial charge in [0.1, 0.15) is 0 Å². The lowest BCUT2D eigenvalue weighted by Gasteiger charge is -2.07. The van der Waals surface area contributed by atoms with Gasteiger partial charge in [-0.1, -0.05) is 6.07 Å². The average molecular weight is 288 g/mol. The smallest absolute Gasteiger partial charge is 0.307 e. The largest absolute Gasteiger partial charge is 0.481 e. The SMILES string of the molecule is Cc1nc2nc(-c3cccs3)nn2c(C)c1CC(=O)O. The first kappa shape index (κ1) is 12.7. The molecule has 20 heavy (non-hydrogen) atoms. The molecule has 0 aliphatic heterocycles. The van der Waals surface area contributed by atoms with Crippen LogP contribution >= 0.6 is 11.3 Å². The van der Waals surface area contributed by atoms with Gasteiger partial charge in [-0.25, -0.2) is 9.50 Å². The molecule has 0 fully saturated rings. The minimum absolute atomic E-state index is 0.0607. The van der Waals surface area contributed by atoms with Crippen LogP contribution in [0.3, 0.4) is 0 Å². The lowest BCUT2D eigenvalue weighted by molar-refractivity contribution is -0.136. The van der Waals surface area contributed by atoms with Gasteiger partial charge in [0.15, 0.2) is 5.82 Å². The number of fused-ring (bicyclic) bond motifs is 1. The lowest BCUT2D eigenvalue weighted by atomic mass is 10.1. The van der Waals surface area contributed by atoms with Crippen LogP contribution in [-0.4, -0.2) is 30.7 Å². The summed E-state index contributed by atoms with van der Waals surface area (Å²) in [5, 5.41) is 15.4. The van der Waals surface area contributed by atoms with Crippen LogP contribution < -0.4 is 0 Å². The Balaban J connectivity index is 2.19. The van der Waals surface area contributed by atoms with E-state index < -0.39 is 5.97 Å². The molecule has 7 heteroatoms. The maximum Gasteiger partial charge on any atom is 0.307 e. The molecular formula is C13H12N4O2S. The first-order valence-corrected chi connectivity index (χ1v) is 6.92. The molecule has 0 unspecified atom stereocenters. The summed E-state index contributed by atoms with van der Waals surface area (Å²) in [7, 11) is 0. The third-order valence-corrected chi connectivity index (χ3v) is 3.98. The van der Waals surface area contributed by atoms with Crippen LogP contribution in [0.5, 0.6) is 0 Å². The van der Waals surface area contributed by atoms with Gasteiger partial charge >= 0.3 is 5.97 Å². The Morgan fingerprint density at radius 1 is 1.40 bits per heavy atom. The highest BCUT2D eigenvalue weighted by Gasteiger charge is 2.16. The Kier molecular flexibility index (Phi) is 2.98. The van der Waals surface area contributed by atoms with E-state index in [4.69, 9.17) is 5.11 Å². The van der Waals surface area contributed by atoms with Crippen LogP contribution in [0.15, 0.2) is 17.5 Å². The van der Waals surface area contributed by atoms with Gasteiger partial charge in [0.25, 0.3) is 5.78 Å². The molecule has 0 aliphatic carbocycles. The molecule has 3 heterocycles. The fourth-order valence-electron chi connectivity index (χ4n) is 2.13. The van der Waals surface area contributed by atoms with E-state index >= 15 is 0 Å². The van der Waals surface area contributed by atoms with Crippen molar-refractivity contribution < 1.29 is 9.90 Å². The van der Waals surface area contributed by atoms with E-state index in [1.54, 1.807) is 22.8 Å². The predicted octanol–water partition coefficient (Wildman–Crippen LogP) is 2.10. The normalized spacial score (nSPS) is 11.1. The summed E-state index contributed by atoms with van der Waals surface area (Å²) in [6, 6.07) is 3.88. The van der Waals surface area contributed by atoms with Crippen molar-refractivity contribution in [3.05, 3.63) is 34.5 Å². The Hall–Kier alpha value is -2.28. The van der Waals surface area contributed by atoms with Crippen molar-refractivity contribution in [3.63, 3.8) is 0 Å². The minimum Gasteiger partial charge on any atom is -0.481 e. The molecule has 3 aromatic heterocycles. The van der Waals surface area contributed by atoms with Crippen LogP contribution in [-0.2, 0) is 11.2 Å². The predicted molar refractivity (Wildman–Crippen MR) is 74.9 cm³/mol. The van der Waals surface area contributed by atoms with E-state index in [2.05, 4.69) is 15.1 Å². The second-order valence-corrected chi connectivity index (χ2v) is 5.40. The van der Waals surface area contributed by atoms with Crippen LogP contribution in [0, 0.1) is 13.8 Å². The second-order valence-electron chi connectivity index (χ2n) is 4.46. The molecule has 0 spiro atoms. The van der Waals surface area contributed by atoms with Crippen molar-refractivity contribution in [1.29, 1.82) is 0 Å². The van der Waals surface area contributed by atoms with Crippen molar-refractivity contribution in [2.75, 3.05) is 0 Å². The third-order valence-electron chi connectivity index (χ3n) is 3.12. The number of thiophene rings is 1. The van der Waals surface area contributed by atoms with E-state index in [0.29, 0.717) is 22.9 Å². The van der Waals surface area contributed by atoms with E-state index in [-0.39, 0.29) is 6.42 Å². The quantitative estimate of drug-likeness (QED) is 0.798. The molecule has 1 N–H and O–H groups in total. The van der Waals surface area contributed by atoms with Gasteiger partial charge in [0.2, 0.25) is 0 Å². The fraction of sp³-hybridized carbons (Fsp3) is 0.231. The highest BCUT2D eigenvalue weighted by molar-refractivity contribution is 7.13. The number of hydrogen-bond donors (Lipinski definition) is 1. The molecule has 6 nitrogen and oxygen atoms in total. The van der Waals surface area contributed by atoms with Gasteiger partial charge < -0.3 is 5.11 Å². The molecule has 0 saturated heterocycles. The first-order chi connectivity index (χ1) is 9.56. The Morgan fingerprint density at radius 3 is 2.85 bits per heavy atom. The Labute approximate surface area is 118 Å². The van der Waals surface area contributed by atoms with Gasteiger partial charge in [-0.3, -0.25) is 4.79 Å². The summed E-state index contributed by atoms with van der Waals surface area (Å²) in [6.45, 7) is 3.64. The zero-order chi connectivity index (χ0) is 14.3. The lowest BCUT2D eigenvalue weighted by Crippen LogP contribution is -2.10. The van der Waals surface area contributed by atoms with Gasteiger partial charge in [-0.05, 0) is 25.3 Å². The van der Waals surface area contributed by atoms with Crippen molar-refractivity contribution in [1.82, 2.24) is 19.6 Å². The van der Waals surface area contributed by atoms with E-state index in [9.17, 15) is 4.79 Å². The molecule has 0 atom stereocenters. The fourth-order valence-corrected chi connectivity index (χ4v) is 2.78. The molecular weight excluding hydrogens is 276 g/mol. The summed E-state index contributed by atoms with van der Waals surface area (Å²) in [5.74, 6) is 0.232. The van der Waals surface area contributed by atoms with Crippen molar-refractivity contribution >= 4 is 23.1 Å². The van der Waals surface area contributed by atoms with Crippen LogP contribution in [0.1, 0.15) is 17.0 Å².